The molecule has 0 aliphatic heterocycles. The smallest absolute Gasteiger partial charge is 0.325 e. The second kappa shape index (κ2) is 7.61. The fourth-order valence-electron chi connectivity index (χ4n) is 1.91. The first-order valence-corrected chi connectivity index (χ1v) is 7.72. The number of para-hydroxylation sites is 1. The Kier molecular flexibility index (Phi) is 5.55. The topological polar surface area (TPSA) is 85.0 Å². The highest BCUT2D eigenvalue weighted by molar-refractivity contribution is 7.99. The Hall–Kier alpha value is -2.33. The minimum absolute atomic E-state index is 0.173. The molecule has 2 rings (SSSR count). The number of benzene rings is 1. The Morgan fingerprint density at radius 1 is 1.45 bits per heavy atom. The van der Waals surface area contributed by atoms with Crippen LogP contribution in [0.5, 0.6) is 0 Å². The number of unbranched alkanes of at least 4 members (excludes halogenated alkanes) is 1. The van der Waals surface area contributed by atoms with Gasteiger partial charge in [0, 0.05) is 12.2 Å². The third-order valence-electron chi connectivity index (χ3n) is 3.01. The third kappa shape index (κ3) is 3.65. The predicted molar refractivity (Wildman–Crippen MR) is 83.6 cm³/mol. The van der Waals surface area contributed by atoms with Crippen LogP contribution in [0.4, 0.5) is 0 Å². The molecule has 0 unspecified atom stereocenters. The van der Waals surface area contributed by atoms with Crippen molar-refractivity contribution >= 4 is 28.6 Å². The molecular formula is C15H15N3O3S. The summed E-state index contributed by atoms with van der Waals surface area (Å²) < 4.78 is 5.97. The lowest BCUT2D eigenvalue weighted by atomic mass is 10.2. The summed E-state index contributed by atoms with van der Waals surface area (Å²) in [5, 5.41) is 9.49. The highest BCUT2D eigenvalue weighted by Crippen LogP contribution is 2.19. The van der Waals surface area contributed by atoms with Crippen LogP contribution in [0.1, 0.15) is 12.8 Å². The van der Waals surface area contributed by atoms with Gasteiger partial charge in [0.1, 0.15) is 6.54 Å². The van der Waals surface area contributed by atoms with E-state index in [4.69, 9.17) is 5.26 Å². The SMILES string of the molecule is COC(=O)Cn1c(SCCCC#N)nc2ccccc2c1=O. The number of nitrogens with zero attached hydrogens (tertiary/aromatic N) is 3. The van der Waals surface area contributed by atoms with Crippen molar-refractivity contribution in [2.24, 2.45) is 0 Å². The van der Waals surface area contributed by atoms with Gasteiger partial charge >= 0.3 is 5.97 Å². The molecule has 0 fully saturated rings. The van der Waals surface area contributed by atoms with E-state index >= 15 is 0 Å². The van der Waals surface area contributed by atoms with E-state index in [0.717, 1.165) is 0 Å². The van der Waals surface area contributed by atoms with Gasteiger partial charge in [-0.2, -0.15) is 5.26 Å². The zero-order valence-electron chi connectivity index (χ0n) is 12.1. The van der Waals surface area contributed by atoms with Gasteiger partial charge in [0.2, 0.25) is 0 Å². The first kappa shape index (κ1) is 16.0. The van der Waals surface area contributed by atoms with Crippen LogP contribution in [0.2, 0.25) is 0 Å². The Labute approximate surface area is 131 Å². The summed E-state index contributed by atoms with van der Waals surface area (Å²) in [6.45, 7) is -0.173. The third-order valence-corrected chi connectivity index (χ3v) is 4.07. The van der Waals surface area contributed by atoms with Gasteiger partial charge in [-0.1, -0.05) is 23.9 Å². The molecule has 1 aromatic heterocycles. The quantitative estimate of drug-likeness (QED) is 0.350. The minimum Gasteiger partial charge on any atom is -0.468 e. The van der Waals surface area contributed by atoms with E-state index in [-0.39, 0.29) is 12.1 Å². The van der Waals surface area contributed by atoms with Crippen molar-refractivity contribution in [3.8, 4) is 6.07 Å². The van der Waals surface area contributed by atoms with Gasteiger partial charge in [-0.05, 0) is 18.6 Å². The maximum absolute atomic E-state index is 12.5. The van der Waals surface area contributed by atoms with E-state index in [2.05, 4.69) is 15.8 Å². The largest absolute Gasteiger partial charge is 0.468 e. The summed E-state index contributed by atoms with van der Waals surface area (Å²) in [5.41, 5.74) is 0.329. The number of methoxy groups -OCH3 is 1. The summed E-state index contributed by atoms with van der Waals surface area (Å²) in [4.78, 5) is 28.5. The number of ether oxygens (including phenoxy) is 1. The molecule has 114 valence electrons. The molecule has 7 heteroatoms. The molecule has 1 aromatic carbocycles. The highest BCUT2D eigenvalue weighted by Gasteiger charge is 2.14. The number of hydrogen-bond donors (Lipinski definition) is 0. The van der Waals surface area contributed by atoms with E-state index in [1.54, 1.807) is 18.2 Å². The molecule has 0 amide bonds. The molecule has 0 saturated heterocycles. The van der Waals surface area contributed by atoms with E-state index in [9.17, 15) is 9.59 Å². The Bertz CT molecular complexity index is 780. The van der Waals surface area contributed by atoms with Crippen LogP contribution in [0.3, 0.4) is 0 Å². The minimum atomic E-state index is -0.502. The molecule has 0 spiro atoms. The van der Waals surface area contributed by atoms with Crippen molar-refractivity contribution < 1.29 is 9.53 Å². The van der Waals surface area contributed by atoms with Gasteiger partial charge in [0.05, 0.1) is 24.1 Å². The Morgan fingerprint density at radius 3 is 2.95 bits per heavy atom. The molecule has 0 radical (unpaired) electrons. The monoisotopic (exact) mass is 317 g/mol. The lowest BCUT2D eigenvalue weighted by molar-refractivity contribution is -0.141. The second-order valence-electron chi connectivity index (χ2n) is 4.49. The fraction of sp³-hybridized carbons (Fsp3) is 0.333. The normalized spacial score (nSPS) is 10.4. The molecular weight excluding hydrogens is 302 g/mol. The summed E-state index contributed by atoms with van der Waals surface area (Å²) in [5.74, 6) is 0.150. The van der Waals surface area contributed by atoms with E-state index in [1.807, 2.05) is 6.07 Å². The van der Waals surface area contributed by atoms with Crippen LogP contribution in [0.25, 0.3) is 10.9 Å². The van der Waals surface area contributed by atoms with Crippen molar-refractivity contribution in [1.82, 2.24) is 9.55 Å². The molecule has 0 bridgehead atoms. The molecule has 6 nitrogen and oxygen atoms in total. The van der Waals surface area contributed by atoms with Crippen LogP contribution >= 0.6 is 11.8 Å². The van der Waals surface area contributed by atoms with Crippen molar-refractivity contribution in [3.63, 3.8) is 0 Å². The Balaban J connectivity index is 2.41. The molecule has 2 aromatic rings. The average molecular weight is 317 g/mol. The molecule has 0 N–H and O–H groups in total. The lowest BCUT2D eigenvalue weighted by Crippen LogP contribution is -2.27. The highest BCUT2D eigenvalue weighted by atomic mass is 32.2. The number of esters is 1. The molecule has 0 aliphatic rings. The van der Waals surface area contributed by atoms with Crippen LogP contribution < -0.4 is 5.56 Å². The van der Waals surface area contributed by atoms with Crippen molar-refractivity contribution in [2.75, 3.05) is 12.9 Å². The maximum Gasteiger partial charge on any atom is 0.325 e. The summed E-state index contributed by atoms with van der Waals surface area (Å²) >= 11 is 1.36. The predicted octanol–water partition coefficient (Wildman–Crippen LogP) is 1.97. The van der Waals surface area contributed by atoms with Gasteiger partial charge in [0.25, 0.3) is 5.56 Å². The van der Waals surface area contributed by atoms with Crippen LogP contribution in [-0.4, -0.2) is 28.4 Å². The molecule has 1 heterocycles. The molecule has 0 saturated carbocycles. The number of rotatable bonds is 6. The van der Waals surface area contributed by atoms with Gasteiger partial charge in [-0.15, -0.1) is 0 Å². The van der Waals surface area contributed by atoms with E-state index < -0.39 is 5.97 Å². The maximum atomic E-state index is 12.5. The first-order chi connectivity index (χ1) is 10.7. The summed E-state index contributed by atoms with van der Waals surface area (Å²) in [6.07, 6.45) is 1.14. The number of aromatic nitrogens is 2. The van der Waals surface area contributed by atoms with Crippen LogP contribution in [-0.2, 0) is 16.1 Å². The van der Waals surface area contributed by atoms with Gasteiger partial charge in [-0.3, -0.25) is 14.2 Å². The Morgan fingerprint density at radius 2 is 2.23 bits per heavy atom. The summed E-state index contributed by atoms with van der Waals surface area (Å²) in [6, 6.07) is 9.09. The lowest BCUT2D eigenvalue weighted by Gasteiger charge is -2.11. The molecule has 0 aliphatic carbocycles. The number of thioether (sulfide) groups is 1. The zero-order valence-corrected chi connectivity index (χ0v) is 12.9. The van der Waals surface area contributed by atoms with Crippen molar-refractivity contribution in [2.45, 2.75) is 24.5 Å². The van der Waals surface area contributed by atoms with E-state index in [1.165, 1.54) is 23.4 Å². The summed E-state index contributed by atoms with van der Waals surface area (Å²) in [7, 11) is 1.28. The number of carbonyl (C=O) groups is 1. The van der Waals surface area contributed by atoms with Crippen LogP contribution in [0, 0.1) is 11.3 Å². The molecule has 0 atom stereocenters. The number of hydrogen-bond acceptors (Lipinski definition) is 6. The van der Waals surface area contributed by atoms with Gasteiger partial charge < -0.3 is 4.74 Å². The van der Waals surface area contributed by atoms with Crippen LogP contribution in [0.15, 0.2) is 34.2 Å². The van der Waals surface area contributed by atoms with E-state index in [0.29, 0.717) is 34.7 Å². The fourth-order valence-corrected chi connectivity index (χ4v) is 2.84. The van der Waals surface area contributed by atoms with Crippen molar-refractivity contribution in [1.29, 1.82) is 5.26 Å². The molecule has 22 heavy (non-hydrogen) atoms. The first-order valence-electron chi connectivity index (χ1n) is 6.73. The number of nitriles is 1. The van der Waals surface area contributed by atoms with Crippen molar-refractivity contribution in [3.05, 3.63) is 34.6 Å². The number of carbonyl (C=O) groups excluding carboxylic acids is 1. The standard InChI is InChI=1S/C15H15N3O3S/c1-21-13(19)10-18-14(20)11-6-2-3-7-12(11)17-15(18)22-9-5-4-8-16/h2-3,6-7H,4-5,9-10H2,1H3. The van der Waals surface area contributed by atoms with Gasteiger partial charge in [-0.25, -0.2) is 4.98 Å². The zero-order chi connectivity index (χ0) is 15.9. The average Bonchev–Trinajstić information content (AvgIpc) is 2.54. The van der Waals surface area contributed by atoms with Gasteiger partial charge in [0.15, 0.2) is 5.16 Å². The second-order valence-corrected chi connectivity index (χ2v) is 5.55. The number of fused-ring (bicyclic) bond motifs is 1.